The molecule has 4 aliphatic rings. The van der Waals surface area contributed by atoms with E-state index in [-0.39, 0.29) is 23.7 Å². The molecule has 0 bridgehead atoms. The Morgan fingerprint density at radius 2 is 1.74 bits per heavy atom. The summed E-state index contributed by atoms with van der Waals surface area (Å²) in [5.74, 6) is 0.840. The molecule has 0 atom stereocenters. The van der Waals surface area contributed by atoms with Gasteiger partial charge in [0.1, 0.15) is 5.75 Å². The van der Waals surface area contributed by atoms with E-state index in [2.05, 4.69) is 53.8 Å². The van der Waals surface area contributed by atoms with Gasteiger partial charge in [0.05, 0.1) is 18.5 Å². The number of methoxy groups -OCH3 is 1. The monoisotopic (exact) mass is 740 g/mol. The predicted molar refractivity (Wildman–Crippen MR) is 208 cm³/mol. The number of piperazine rings is 1. The van der Waals surface area contributed by atoms with Gasteiger partial charge in [-0.3, -0.25) is 29.6 Å². The van der Waals surface area contributed by atoms with Gasteiger partial charge in [0, 0.05) is 102 Å². The second kappa shape index (κ2) is 17.0. The second-order valence-corrected chi connectivity index (χ2v) is 14.4. The first-order valence-corrected chi connectivity index (χ1v) is 19.2. The summed E-state index contributed by atoms with van der Waals surface area (Å²) in [6.45, 7) is 10.5. The van der Waals surface area contributed by atoms with Crippen molar-refractivity contribution in [2.24, 2.45) is 5.73 Å². The fourth-order valence-electron chi connectivity index (χ4n) is 7.93. The maximum atomic E-state index is 12.5. The molecule has 0 spiro atoms. The Morgan fingerprint density at radius 3 is 2.44 bits per heavy atom. The van der Waals surface area contributed by atoms with Gasteiger partial charge in [-0.1, -0.05) is 19.1 Å². The Kier molecular flexibility index (Phi) is 11.7. The fourth-order valence-corrected chi connectivity index (χ4v) is 7.93. The molecule has 0 unspecified atom stereocenters. The van der Waals surface area contributed by atoms with Crippen LogP contribution in [0.4, 0.5) is 33.5 Å². The van der Waals surface area contributed by atoms with Gasteiger partial charge in [-0.2, -0.15) is 0 Å². The lowest BCUT2D eigenvalue weighted by Crippen LogP contribution is -2.53. The van der Waals surface area contributed by atoms with E-state index in [1.807, 2.05) is 31.2 Å². The minimum Gasteiger partial charge on any atom is -0.495 e. The van der Waals surface area contributed by atoms with Crippen LogP contribution in [0.1, 0.15) is 60.8 Å². The molecule has 0 saturated carbocycles. The lowest BCUT2D eigenvalue weighted by Gasteiger charge is -2.43. The Labute approximate surface area is 316 Å². The molecule has 0 radical (unpaired) electrons. The van der Waals surface area contributed by atoms with Gasteiger partial charge < -0.3 is 30.7 Å². The van der Waals surface area contributed by atoms with Gasteiger partial charge in [-0.25, -0.2) is 14.8 Å². The Morgan fingerprint density at radius 1 is 0.963 bits per heavy atom. The number of rotatable bonds is 12. The fraction of sp³-hybridized carbons (Fsp3) is 0.513. The Bertz CT molecular complexity index is 1820. The van der Waals surface area contributed by atoms with Gasteiger partial charge in [-0.05, 0) is 61.9 Å². The number of carbonyl (C=O) groups is 3. The summed E-state index contributed by atoms with van der Waals surface area (Å²) in [5.41, 5.74) is 10.3. The number of piperidine rings is 1. The number of aromatic nitrogens is 2. The normalized spacial score (nSPS) is 19.4. The maximum absolute atomic E-state index is 12.5. The van der Waals surface area contributed by atoms with Crippen LogP contribution in [0, 0.1) is 0 Å². The van der Waals surface area contributed by atoms with Crippen LogP contribution in [-0.2, 0) is 22.5 Å². The molecule has 3 aromatic rings. The van der Waals surface area contributed by atoms with Gasteiger partial charge in [0.15, 0.2) is 17.3 Å². The van der Waals surface area contributed by atoms with Crippen LogP contribution in [0.5, 0.6) is 5.75 Å². The molecule has 4 saturated heterocycles. The van der Waals surface area contributed by atoms with Crippen molar-refractivity contribution in [2.45, 2.75) is 64.1 Å². The number of imide groups is 1. The third-order valence-electron chi connectivity index (χ3n) is 11.0. The summed E-state index contributed by atoms with van der Waals surface area (Å²) in [5, 5.41) is 9.23. The molecule has 0 aliphatic carbocycles. The molecule has 15 heteroatoms. The minimum atomic E-state index is -0.639. The molecule has 4 amide bonds. The molecule has 5 N–H and O–H groups in total. The largest absolute Gasteiger partial charge is 0.495 e. The summed E-state index contributed by atoms with van der Waals surface area (Å²) in [6.07, 6.45) is 4.81. The minimum absolute atomic E-state index is 0.104. The van der Waals surface area contributed by atoms with Crippen LogP contribution in [0.2, 0.25) is 0 Å². The lowest BCUT2D eigenvalue weighted by atomic mass is 10.0. The van der Waals surface area contributed by atoms with Crippen molar-refractivity contribution in [2.75, 3.05) is 86.6 Å². The zero-order chi connectivity index (χ0) is 37.6. The number of anilines is 5. The second-order valence-electron chi connectivity index (χ2n) is 14.4. The molecule has 15 nitrogen and oxygen atoms in total. The summed E-state index contributed by atoms with van der Waals surface area (Å²) in [7, 11) is 1.68. The molecular weight excluding hydrogens is 688 g/mol. The number of ether oxygens (including phenoxy) is 2. The molecule has 1 aromatic heterocycles. The highest BCUT2D eigenvalue weighted by molar-refractivity contribution is 6.05. The smallest absolute Gasteiger partial charge is 0.328 e. The van der Waals surface area contributed by atoms with E-state index >= 15 is 0 Å². The van der Waals surface area contributed by atoms with E-state index < -0.39 is 5.91 Å². The quantitative estimate of drug-likeness (QED) is 0.213. The standard InChI is InChI=1S/C39H52N10O5/c1-3-31-37(41-27-12-21-54-22-13-27)45-38(35(43-31)36(40)51)42-28-7-8-32(33(24-28)53-2)48-14-9-29(10-15-48)47-19-17-46(18-20-47)25-26-5-4-6-30(23-26)49-16-11-34(50)44-39(49)52/h4-8,23-24,27,29H,3,9-22,25H2,1-2H3,(H2,40,51)(H2,41,42,45)(H,44,50,52). The first-order chi connectivity index (χ1) is 26.3. The third kappa shape index (κ3) is 8.69. The number of primary amides is 1. The number of hydrogen-bond donors (Lipinski definition) is 4. The van der Waals surface area contributed by atoms with Crippen LogP contribution in [0.15, 0.2) is 42.5 Å². The van der Waals surface area contributed by atoms with Crippen LogP contribution < -0.4 is 36.2 Å². The number of nitrogens with two attached hydrogens (primary N) is 1. The Hall–Kier alpha value is -4.99. The van der Waals surface area contributed by atoms with Crippen molar-refractivity contribution in [1.82, 2.24) is 25.1 Å². The summed E-state index contributed by atoms with van der Waals surface area (Å²) >= 11 is 0. The van der Waals surface area contributed by atoms with Gasteiger partial charge in [0.2, 0.25) is 5.91 Å². The molecule has 4 fully saturated rings. The number of aryl methyl sites for hydroxylation is 1. The van der Waals surface area contributed by atoms with Crippen molar-refractivity contribution >= 4 is 46.5 Å². The van der Waals surface area contributed by atoms with Gasteiger partial charge >= 0.3 is 6.03 Å². The van der Waals surface area contributed by atoms with E-state index in [1.165, 1.54) is 0 Å². The van der Waals surface area contributed by atoms with E-state index in [1.54, 1.807) is 12.0 Å². The lowest BCUT2D eigenvalue weighted by molar-refractivity contribution is -0.120. The van der Waals surface area contributed by atoms with Crippen molar-refractivity contribution in [3.63, 3.8) is 0 Å². The topological polar surface area (TPSA) is 171 Å². The number of amides is 4. The van der Waals surface area contributed by atoms with Crippen molar-refractivity contribution < 1.29 is 23.9 Å². The number of nitrogens with one attached hydrogen (secondary N) is 3. The predicted octanol–water partition coefficient (Wildman–Crippen LogP) is 3.71. The van der Waals surface area contributed by atoms with Crippen LogP contribution in [0.3, 0.4) is 0 Å². The molecule has 288 valence electrons. The van der Waals surface area contributed by atoms with Crippen molar-refractivity contribution in [1.29, 1.82) is 0 Å². The molecule has 7 rings (SSSR count). The molecule has 4 aliphatic heterocycles. The highest BCUT2D eigenvalue weighted by Crippen LogP contribution is 2.35. The number of urea groups is 1. The van der Waals surface area contributed by atoms with Crippen LogP contribution in [-0.4, -0.2) is 116 Å². The van der Waals surface area contributed by atoms with E-state index in [0.29, 0.717) is 56.0 Å². The summed E-state index contributed by atoms with van der Waals surface area (Å²) < 4.78 is 11.4. The highest BCUT2D eigenvalue weighted by Gasteiger charge is 2.30. The van der Waals surface area contributed by atoms with Gasteiger partial charge in [0.25, 0.3) is 5.91 Å². The molecule has 2 aromatic carbocycles. The Balaban J connectivity index is 0.934. The summed E-state index contributed by atoms with van der Waals surface area (Å²) in [6, 6.07) is 14.4. The highest BCUT2D eigenvalue weighted by atomic mass is 16.5. The number of benzene rings is 2. The first-order valence-electron chi connectivity index (χ1n) is 19.2. The zero-order valence-electron chi connectivity index (χ0n) is 31.3. The van der Waals surface area contributed by atoms with Crippen LogP contribution in [0.25, 0.3) is 0 Å². The van der Waals surface area contributed by atoms with E-state index in [0.717, 1.165) is 99.9 Å². The molecule has 5 heterocycles. The molecular formula is C39H52N10O5. The van der Waals surface area contributed by atoms with Crippen molar-refractivity contribution in [3.8, 4) is 5.75 Å². The summed E-state index contributed by atoms with van der Waals surface area (Å²) in [4.78, 5) is 55.0. The zero-order valence-corrected chi connectivity index (χ0v) is 31.3. The number of nitrogens with zero attached hydrogens (tertiary/aromatic N) is 6. The first kappa shape index (κ1) is 37.3. The third-order valence-corrected chi connectivity index (χ3v) is 11.0. The average Bonchev–Trinajstić information content (AvgIpc) is 3.19. The SMILES string of the molecule is CCc1nc(C(N)=O)c(Nc2ccc(N3CCC(N4CCN(Cc5cccc(N6CCC(=O)NC6=O)c5)CC4)CC3)c(OC)c2)nc1NC1CCOCC1. The van der Waals surface area contributed by atoms with Gasteiger partial charge in [-0.15, -0.1) is 0 Å². The molecule has 54 heavy (non-hydrogen) atoms. The average molecular weight is 741 g/mol. The van der Waals surface area contributed by atoms with Crippen LogP contribution >= 0.6 is 0 Å². The van der Waals surface area contributed by atoms with Crippen molar-refractivity contribution in [3.05, 3.63) is 59.4 Å². The van der Waals surface area contributed by atoms with E-state index in [9.17, 15) is 14.4 Å². The number of hydrogen-bond acceptors (Lipinski definition) is 12. The maximum Gasteiger partial charge on any atom is 0.328 e. The number of carbonyl (C=O) groups excluding carboxylic acids is 3. The van der Waals surface area contributed by atoms with E-state index in [4.69, 9.17) is 20.2 Å².